The van der Waals surface area contributed by atoms with Gasteiger partial charge < -0.3 is 29.8 Å². The summed E-state index contributed by atoms with van der Waals surface area (Å²) < 4.78 is 40.3. The quantitative estimate of drug-likeness (QED) is 0.344. The minimum absolute atomic E-state index is 0.00689. The smallest absolute Gasteiger partial charge is 0.286 e. The van der Waals surface area contributed by atoms with Gasteiger partial charge in [0.1, 0.15) is 24.0 Å². The van der Waals surface area contributed by atoms with Gasteiger partial charge in [-0.2, -0.15) is 0 Å². The number of aliphatic hydroxyl groups is 2. The van der Waals surface area contributed by atoms with Gasteiger partial charge in [-0.25, -0.2) is 13.8 Å². The zero-order valence-electron chi connectivity index (χ0n) is 23.1. The highest BCUT2D eigenvalue weighted by Gasteiger charge is 2.45. The van der Waals surface area contributed by atoms with Crippen LogP contribution >= 0.6 is 0 Å². The second kappa shape index (κ2) is 14.0. The minimum atomic E-state index is -1.71. The van der Waals surface area contributed by atoms with Crippen molar-refractivity contribution in [3.8, 4) is 0 Å². The molecular formula is C30H37F2N3O6. The van der Waals surface area contributed by atoms with Crippen molar-refractivity contribution in [2.45, 2.75) is 57.6 Å². The van der Waals surface area contributed by atoms with E-state index in [1.54, 1.807) is 54.7 Å². The average molecular weight is 574 g/mol. The number of aliphatic imine (C=N–C) groups is 1. The molecule has 0 aromatic rings. The molecule has 1 heterocycles. The molecule has 3 aliphatic carbocycles. The van der Waals surface area contributed by atoms with Gasteiger partial charge >= 0.3 is 0 Å². The summed E-state index contributed by atoms with van der Waals surface area (Å²) in [5.74, 6) is -3.32. The van der Waals surface area contributed by atoms with E-state index in [4.69, 9.17) is 9.47 Å². The Morgan fingerprint density at radius 1 is 1.15 bits per heavy atom. The molecule has 11 heteroatoms. The van der Waals surface area contributed by atoms with E-state index in [0.717, 1.165) is 4.90 Å². The molecule has 0 radical (unpaired) electrons. The van der Waals surface area contributed by atoms with Crippen molar-refractivity contribution in [2.24, 2.45) is 28.7 Å². The first kappa shape index (κ1) is 30.5. The maximum Gasteiger partial charge on any atom is 0.286 e. The Hall–Kier alpha value is -3.41. The molecule has 0 aromatic carbocycles. The molecule has 1 amide bonds. The summed E-state index contributed by atoms with van der Waals surface area (Å²) in [4.78, 5) is 31.3. The molecule has 4 aliphatic rings. The number of nitrogens with zero attached hydrogens (tertiary/aromatic N) is 2. The van der Waals surface area contributed by atoms with Crippen LogP contribution in [0.25, 0.3) is 0 Å². The lowest BCUT2D eigenvalue weighted by atomic mass is 9.83. The van der Waals surface area contributed by atoms with Crippen molar-refractivity contribution in [3.63, 3.8) is 0 Å². The largest absolute Gasteiger partial charge is 0.465 e. The Kier molecular flexibility index (Phi) is 10.4. The Morgan fingerprint density at radius 2 is 1.88 bits per heavy atom. The summed E-state index contributed by atoms with van der Waals surface area (Å²) in [6.07, 6.45) is 11.8. The first-order valence-electron chi connectivity index (χ1n) is 13.8. The van der Waals surface area contributed by atoms with E-state index >= 15 is 4.39 Å². The van der Waals surface area contributed by atoms with Gasteiger partial charge in [-0.15, -0.1) is 0 Å². The highest BCUT2D eigenvalue weighted by molar-refractivity contribution is 5.85. The normalized spacial score (nSPS) is 32.0. The van der Waals surface area contributed by atoms with Crippen LogP contribution in [0.3, 0.4) is 0 Å². The van der Waals surface area contributed by atoms with Gasteiger partial charge in [0.25, 0.3) is 6.02 Å². The highest BCUT2D eigenvalue weighted by atomic mass is 19.1. The number of nitrogens with one attached hydrogen (secondary N) is 1. The van der Waals surface area contributed by atoms with Crippen LogP contribution in [0.5, 0.6) is 0 Å². The number of Topliss-reactive ketones (excluding diaryl/α,β-unsaturated/α-hetero) is 1. The van der Waals surface area contributed by atoms with Gasteiger partial charge in [0.05, 0.1) is 31.1 Å². The molecule has 1 aliphatic heterocycles. The Bertz CT molecular complexity index is 1180. The number of ether oxygens (including phenoxy) is 2. The van der Waals surface area contributed by atoms with E-state index in [9.17, 15) is 24.2 Å². The Balaban J connectivity index is 1.60. The van der Waals surface area contributed by atoms with Crippen molar-refractivity contribution < 1.29 is 38.1 Å². The molecule has 9 nitrogen and oxygen atoms in total. The highest BCUT2D eigenvalue weighted by Crippen LogP contribution is 2.32. The van der Waals surface area contributed by atoms with Gasteiger partial charge in [0.15, 0.2) is 12.5 Å². The maximum absolute atomic E-state index is 15.6. The molecule has 4 rings (SSSR count). The number of carbonyl (C=O) groups is 2. The van der Waals surface area contributed by atoms with Gasteiger partial charge in [0.2, 0.25) is 5.91 Å². The summed E-state index contributed by atoms with van der Waals surface area (Å²) in [6, 6.07) is -0.00689. The number of allylic oxidation sites excluding steroid dienone is 8. The second-order valence-corrected chi connectivity index (χ2v) is 10.6. The van der Waals surface area contributed by atoms with Crippen LogP contribution in [-0.4, -0.2) is 76.9 Å². The zero-order valence-corrected chi connectivity index (χ0v) is 23.1. The van der Waals surface area contributed by atoms with E-state index < -0.39 is 54.6 Å². The molecule has 9 unspecified atom stereocenters. The number of alkyl halides is 1. The number of ketones is 1. The van der Waals surface area contributed by atoms with E-state index in [-0.39, 0.29) is 43.1 Å². The standard InChI is InChI=1S/C30H37F2N3O6/c1-18(36)15-21-7-3-4-8-23(21)28(38)35(29(39)24-9-5-6-10-26(24)41-19(2)37)27-25(32)16-33-30(34-27)40-17-20-11-13-22(31)14-12-20/h3-11,13-14,19-21,23-27,29,37,39H,12,15-17H2,1-2H3,(H,33,34). The fourth-order valence-electron chi connectivity index (χ4n) is 5.28. The molecule has 0 spiro atoms. The molecule has 41 heavy (non-hydrogen) atoms. The number of rotatable bonds is 10. The number of aliphatic hydroxyl groups excluding tert-OH is 2. The van der Waals surface area contributed by atoms with Crippen LogP contribution in [0, 0.1) is 23.7 Å². The lowest BCUT2D eigenvalue weighted by Gasteiger charge is -2.44. The van der Waals surface area contributed by atoms with Gasteiger partial charge in [-0.1, -0.05) is 54.7 Å². The monoisotopic (exact) mass is 573 g/mol. The minimum Gasteiger partial charge on any atom is -0.465 e. The van der Waals surface area contributed by atoms with Crippen molar-refractivity contribution in [3.05, 3.63) is 72.7 Å². The van der Waals surface area contributed by atoms with Crippen LogP contribution in [0.15, 0.2) is 77.7 Å². The van der Waals surface area contributed by atoms with E-state index in [1.165, 1.54) is 26.0 Å². The number of amidine groups is 1. The van der Waals surface area contributed by atoms with Gasteiger partial charge in [-0.3, -0.25) is 9.69 Å². The van der Waals surface area contributed by atoms with Crippen LogP contribution < -0.4 is 5.32 Å². The predicted molar refractivity (Wildman–Crippen MR) is 148 cm³/mol. The number of halogens is 2. The van der Waals surface area contributed by atoms with Crippen LogP contribution in [0.4, 0.5) is 8.78 Å². The topological polar surface area (TPSA) is 121 Å². The molecular weight excluding hydrogens is 536 g/mol. The summed E-state index contributed by atoms with van der Waals surface area (Å²) >= 11 is 0. The average Bonchev–Trinajstić information content (AvgIpc) is 2.94. The third kappa shape index (κ3) is 7.87. The summed E-state index contributed by atoms with van der Waals surface area (Å²) in [6.45, 7) is 2.67. The third-order valence-electron chi connectivity index (χ3n) is 7.32. The van der Waals surface area contributed by atoms with Gasteiger partial charge in [-0.05, 0) is 38.3 Å². The third-order valence-corrected chi connectivity index (χ3v) is 7.32. The lowest BCUT2D eigenvalue weighted by Crippen LogP contribution is -2.65. The molecule has 0 bridgehead atoms. The SMILES string of the molecule is CC(=O)CC1C=CC=CC1C(=O)N(C(O)C1C=CC=CC1OC(C)O)C1NC(OCC2C=CC(F)=CC2)=NCC1F. The first-order valence-corrected chi connectivity index (χ1v) is 13.8. The predicted octanol–water partition coefficient (Wildman–Crippen LogP) is 3.01. The van der Waals surface area contributed by atoms with Crippen LogP contribution in [0.1, 0.15) is 26.7 Å². The summed E-state index contributed by atoms with van der Waals surface area (Å²) in [5, 5.41) is 24.4. The number of hydrogen-bond donors (Lipinski definition) is 3. The zero-order chi connectivity index (χ0) is 29.5. The van der Waals surface area contributed by atoms with Crippen molar-refractivity contribution in [1.29, 1.82) is 0 Å². The van der Waals surface area contributed by atoms with Gasteiger partial charge in [0, 0.05) is 12.3 Å². The summed E-state index contributed by atoms with van der Waals surface area (Å²) in [5.41, 5.74) is 0. The molecule has 0 saturated heterocycles. The fraction of sp³-hybridized carbons (Fsp3) is 0.500. The molecule has 0 fully saturated rings. The van der Waals surface area contributed by atoms with Crippen LogP contribution in [0.2, 0.25) is 0 Å². The Morgan fingerprint density at radius 3 is 2.59 bits per heavy atom. The molecule has 9 atom stereocenters. The number of carbonyl (C=O) groups excluding carboxylic acids is 2. The fourth-order valence-corrected chi connectivity index (χ4v) is 5.28. The van der Waals surface area contributed by atoms with Crippen molar-refractivity contribution >= 4 is 17.7 Å². The second-order valence-electron chi connectivity index (χ2n) is 10.6. The first-order chi connectivity index (χ1) is 19.6. The molecule has 0 aromatic heterocycles. The maximum atomic E-state index is 15.6. The lowest BCUT2D eigenvalue weighted by molar-refractivity contribution is -0.172. The molecule has 3 N–H and O–H groups in total. The number of hydrogen-bond acceptors (Lipinski definition) is 8. The van der Waals surface area contributed by atoms with Crippen molar-refractivity contribution in [1.82, 2.24) is 10.2 Å². The van der Waals surface area contributed by atoms with E-state index in [0.29, 0.717) is 6.42 Å². The van der Waals surface area contributed by atoms with E-state index in [1.807, 2.05) is 0 Å². The Labute approximate surface area is 238 Å². The van der Waals surface area contributed by atoms with Crippen LogP contribution in [-0.2, 0) is 19.1 Å². The summed E-state index contributed by atoms with van der Waals surface area (Å²) in [7, 11) is 0. The molecule has 222 valence electrons. The van der Waals surface area contributed by atoms with E-state index in [2.05, 4.69) is 10.3 Å². The molecule has 0 saturated carbocycles. The van der Waals surface area contributed by atoms with Crippen molar-refractivity contribution in [2.75, 3.05) is 13.2 Å². The number of amides is 1.